The quantitative estimate of drug-likeness (QED) is 0.0159. The predicted octanol–water partition coefficient (Wildman–Crippen LogP) is 19.1. The second kappa shape index (κ2) is 39.8. The van der Waals surface area contributed by atoms with Gasteiger partial charge in [-0.3, -0.25) is 14.4 Å². The molecule has 3 fully saturated rings. The van der Waals surface area contributed by atoms with Crippen LogP contribution >= 0.6 is 34.8 Å². The highest BCUT2D eigenvalue weighted by molar-refractivity contribution is 6.30. The standard InChI is InChI=1S/C36H38ClN3O6.C31H35ClN2O6.C28H32ClN3O4/c1-35(2,40-34(42)45-22-23-8-6-5-7-9-23)26-20-28(24-15-17-38-33(37)19-24)39-32(21-26)36(3,43)16-14-29(41)25-10-13-30(31(18-25)44-4)46-27-11-12-27;1-30(2,34-29(36)39-19-20-8-6-5-7-9-20)22-17-27(33-28(32)18-22)31(3,37)15-14-24(35)21-10-13-25(26(16-21)38-4)40-23-11-12-23;1-27(2,30)19-15-21(17-10-12-31-26(29)14-17)32-25(16-19)28(3,34)11-9-22(33)18-5-8-23(24(13-18)35-4)36-20-6-7-20/h5-10,13,15,17-21,27,43H,11-12,14,16,22H2,1-4H3,(H,40,42);5-10,13,16-18,23,37H,11-12,14-15,19H2,1-4H3,(H,34,36);5,8,10,12-16,20,34H,6-7,9,11,30H2,1-4H3. The van der Waals surface area contributed by atoms with Gasteiger partial charge in [0.1, 0.15) is 45.5 Å². The van der Waals surface area contributed by atoms with Crippen LogP contribution in [-0.2, 0) is 56.1 Å². The van der Waals surface area contributed by atoms with Gasteiger partial charge in [-0.05, 0) is 263 Å². The molecule has 3 unspecified atom stereocenters. The zero-order valence-corrected chi connectivity index (χ0v) is 72.9. The van der Waals surface area contributed by atoms with Crippen LogP contribution in [0.1, 0.15) is 215 Å². The Morgan fingerprint density at radius 1 is 0.402 bits per heavy atom. The summed E-state index contributed by atoms with van der Waals surface area (Å²) >= 11 is 18.6. The maximum Gasteiger partial charge on any atom is 0.408 e. The molecule has 3 saturated carbocycles. The van der Waals surface area contributed by atoms with E-state index in [9.17, 15) is 39.3 Å². The van der Waals surface area contributed by atoms with Crippen molar-refractivity contribution in [1.29, 1.82) is 0 Å². The van der Waals surface area contributed by atoms with Gasteiger partial charge in [-0.1, -0.05) is 95.5 Å². The predicted molar refractivity (Wildman–Crippen MR) is 466 cm³/mol. The Labute approximate surface area is 726 Å². The summed E-state index contributed by atoms with van der Waals surface area (Å²) in [6.45, 7) is 16.2. The number of aromatic nitrogens is 5. The van der Waals surface area contributed by atoms with Crippen LogP contribution in [0.2, 0.25) is 15.5 Å². The summed E-state index contributed by atoms with van der Waals surface area (Å²) in [6.07, 6.45) is 9.34. The van der Waals surface area contributed by atoms with Crippen LogP contribution < -0.4 is 44.8 Å². The van der Waals surface area contributed by atoms with Gasteiger partial charge >= 0.3 is 12.2 Å². The average Bonchev–Trinajstić information content (AvgIpc) is 1.75. The molecule has 10 aromatic rings. The van der Waals surface area contributed by atoms with Gasteiger partial charge in [-0.2, -0.15) is 0 Å². The molecule has 0 bridgehead atoms. The first-order chi connectivity index (χ1) is 57.9. The number of hydrogen-bond acceptors (Lipinski definition) is 22. The number of aliphatic hydroxyl groups is 3. The van der Waals surface area contributed by atoms with Crippen LogP contribution in [0.4, 0.5) is 9.59 Å². The molecule has 0 aliphatic heterocycles. The Morgan fingerprint density at radius 3 is 1.06 bits per heavy atom. The number of ether oxygens (including phenoxy) is 8. The van der Waals surface area contributed by atoms with E-state index >= 15 is 0 Å². The number of Topliss-reactive ketones (excluding diaryl/α,β-unsaturated/α-hetero) is 3. The van der Waals surface area contributed by atoms with Crippen LogP contribution in [0, 0.1) is 0 Å². The number of alkyl carbamates (subject to hydrolysis) is 2. The van der Waals surface area contributed by atoms with E-state index in [1.165, 1.54) is 7.11 Å². The molecule has 5 aromatic heterocycles. The molecule has 24 nitrogen and oxygen atoms in total. The van der Waals surface area contributed by atoms with E-state index in [-0.39, 0.29) is 97.7 Å². The third-order valence-corrected chi connectivity index (χ3v) is 21.6. The largest absolute Gasteiger partial charge is 0.493 e. The van der Waals surface area contributed by atoms with Crippen LogP contribution in [0.15, 0.2) is 188 Å². The number of rotatable bonds is 35. The minimum Gasteiger partial charge on any atom is -0.493 e. The Kier molecular flexibility index (Phi) is 29.9. The Bertz CT molecular complexity index is 5360. The van der Waals surface area contributed by atoms with Crippen molar-refractivity contribution in [2.45, 2.75) is 204 Å². The summed E-state index contributed by atoms with van der Waals surface area (Å²) in [5.74, 6) is 2.97. The lowest BCUT2D eigenvalue weighted by molar-refractivity contribution is 0.0394. The summed E-state index contributed by atoms with van der Waals surface area (Å²) in [7, 11) is 4.63. The first kappa shape index (κ1) is 91.6. The van der Waals surface area contributed by atoms with Crippen molar-refractivity contribution in [3.05, 3.63) is 265 Å². The fourth-order valence-corrected chi connectivity index (χ4v) is 13.4. The van der Waals surface area contributed by atoms with Gasteiger partial charge in [0.25, 0.3) is 0 Å². The first-order valence-corrected chi connectivity index (χ1v) is 41.6. The van der Waals surface area contributed by atoms with E-state index < -0.39 is 45.6 Å². The smallest absolute Gasteiger partial charge is 0.408 e. The average molecular weight is 1720 g/mol. The molecule has 3 atom stereocenters. The van der Waals surface area contributed by atoms with Gasteiger partial charge < -0.3 is 69.6 Å². The number of benzene rings is 5. The number of carbonyl (C=O) groups excluding carboxylic acids is 5. The van der Waals surface area contributed by atoms with E-state index in [2.05, 4.69) is 25.6 Å². The van der Waals surface area contributed by atoms with E-state index in [4.69, 9.17) is 88.4 Å². The van der Waals surface area contributed by atoms with Crippen molar-refractivity contribution in [2.75, 3.05) is 21.3 Å². The molecular formula is C95H105Cl3N8O16. The monoisotopic (exact) mass is 1720 g/mol. The van der Waals surface area contributed by atoms with E-state index in [0.29, 0.717) is 102 Å². The number of hydrogen-bond donors (Lipinski definition) is 6. The Balaban J connectivity index is 0.000000180. The maximum absolute atomic E-state index is 13.3. The minimum atomic E-state index is -1.50. The summed E-state index contributed by atoms with van der Waals surface area (Å²) in [5.41, 5.74) is 8.47. The molecule has 642 valence electrons. The molecule has 3 aliphatic carbocycles. The molecule has 0 radical (unpaired) electrons. The minimum absolute atomic E-state index is 0.0504. The summed E-state index contributed by atoms with van der Waals surface area (Å²) in [4.78, 5) is 86.6. The van der Waals surface area contributed by atoms with Crippen molar-refractivity contribution in [3.8, 4) is 57.0 Å². The van der Waals surface area contributed by atoms with Gasteiger partial charge in [0, 0.05) is 65.0 Å². The molecule has 3 aliphatic rings. The molecule has 0 saturated heterocycles. The highest BCUT2D eigenvalue weighted by atomic mass is 35.5. The molecule has 13 rings (SSSR count). The summed E-state index contributed by atoms with van der Waals surface area (Å²) in [6, 6.07) is 51.7. The van der Waals surface area contributed by atoms with Gasteiger partial charge in [0.2, 0.25) is 0 Å². The maximum atomic E-state index is 13.3. The van der Waals surface area contributed by atoms with Crippen molar-refractivity contribution in [1.82, 2.24) is 35.6 Å². The molecule has 7 N–H and O–H groups in total. The number of nitrogens with one attached hydrogen (secondary N) is 2. The number of ketones is 3. The van der Waals surface area contributed by atoms with Gasteiger partial charge in [-0.15, -0.1) is 0 Å². The zero-order valence-electron chi connectivity index (χ0n) is 70.6. The fourth-order valence-electron chi connectivity index (χ4n) is 12.9. The lowest BCUT2D eigenvalue weighted by Crippen LogP contribution is -2.41. The summed E-state index contributed by atoms with van der Waals surface area (Å²) < 4.78 is 44.7. The molecule has 2 amide bonds. The molecule has 5 heterocycles. The number of amides is 2. The number of carbonyl (C=O) groups is 5. The second-order valence-corrected chi connectivity index (χ2v) is 34.2. The third kappa shape index (κ3) is 26.0. The molecule has 5 aromatic carbocycles. The lowest BCUT2D eigenvalue weighted by atomic mass is 9.87. The number of methoxy groups -OCH3 is 3. The van der Waals surface area contributed by atoms with E-state index in [0.717, 1.165) is 60.8 Å². The molecular weight excluding hydrogens is 1620 g/mol. The van der Waals surface area contributed by atoms with Crippen LogP contribution in [0.3, 0.4) is 0 Å². The topological polar surface area (TPSA) is 334 Å². The Morgan fingerprint density at radius 2 is 0.730 bits per heavy atom. The fraction of sp³-hybridized carbons (Fsp3) is 0.368. The lowest BCUT2D eigenvalue weighted by Gasteiger charge is -2.30. The zero-order chi connectivity index (χ0) is 87.9. The van der Waals surface area contributed by atoms with Crippen molar-refractivity contribution in [2.24, 2.45) is 5.73 Å². The molecule has 27 heteroatoms. The van der Waals surface area contributed by atoms with Crippen LogP contribution in [0.25, 0.3) is 22.5 Å². The first-order valence-electron chi connectivity index (χ1n) is 40.4. The highest BCUT2D eigenvalue weighted by Crippen LogP contribution is 2.41. The van der Waals surface area contributed by atoms with E-state index in [1.54, 1.807) is 164 Å². The number of halogens is 3. The molecule has 0 spiro atoms. The number of pyridine rings is 5. The van der Waals surface area contributed by atoms with Gasteiger partial charge in [-0.25, -0.2) is 34.5 Å². The second-order valence-electron chi connectivity index (χ2n) is 33.0. The van der Waals surface area contributed by atoms with Crippen molar-refractivity contribution >= 4 is 64.3 Å². The van der Waals surface area contributed by atoms with E-state index in [1.807, 2.05) is 100 Å². The summed E-state index contributed by atoms with van der Waals surface area (Å²) in [5, 5.41) is 41.0. The van der Waals surface area contributed by atoms with Crippen LogP contribution in [-0.4, -0.2) is 109 Å². The van der Waals surface area contributed by atoms with Gasteiger partial charge in [0.05, 0.1) is 79.2 Å². The molecule has 122 heavy (non-hydrogen) atoms. The van der Waals surface area contributed by atoms with Crippen LogP contribution in [0.5, 0.6) is 34.5 Å². The van der Waals surface area contributed by atoms with Crippen molar-refractivity contribution < 1.29 is 77.2 Å². The Hall–Kier alpha value is -11.1. The normalized spacial score (nSPS) is 14.7. The third-order valence-electron chi connectivity index (χ3n) is 21.0. The SMILES string of the molecule is COc1cc(C(=O)CCC(C)(O)c2cc(C(C)(C)N)cc(-c3ccnc(Cl)c3)n2)ccc1OC1CC1.COc1cc(C(=O)CCC(C)(O)c2cc(C(C)(C)NC(=O)OCc3ccccc3)cc(-c3ccnc(Cl)c3)n2)ccc1OC1CC1.COc1cc(C(=O)CCC(C)(O)c2cc(C(C)(C)NC(=O)OCc3ccccc3)cc(Cl)n2)ccc1OC1CC1. The number of nitrogens with two attached hydrogens (primary N) is 1. The number of nitrogens with zero attached hydrogens (tertiary/aromatic N) is 5. The van der Waals surface area contributed by atoms with Crippen molar-refractivity contribution in [3.63, 3.8) is 0 Å². The highest BCUT2D eigenvalue weighted by Gasteiger charge is 2.36. The van der Waals surface area contributed by atoms with Gasteiger partial charge in [0.15, 0.2) is 51.8 Å².